The molecule has 0 saturated carbocycles. The van der Waals surface area contributed by atoms with E-state index in [4.69, 9.17) is 11.6 Å². The molecule has 0 N–H and O–H groups in total. The van der Waals surface area contributed by atoms with Crippen LogP contribution in [0.5, 0.6) is 0 Å². The minimum absolute atomic E-state index is 0.0333. The largest absolute Gasteiger partial charge is 0.297 e. The van der Waals surface area contributed by atoms with E-state index in [1.54, 1.807) is 10.9 Å². The smallest absolute Gasteiger partial charge is 0.202 e. The lowest BCUT2D eigenvalue weighted by molar-refractivity contribution is 0.0698. The van der Waals surface area contributed by atoms with E-state index in [9.17, 15) is 4.79 Å². The van der Waals surface area contributed by atoms with Crippen molar-refractivity contribution in [1.29, 1.82) is 0 Å². The normalized spacial score (nSPS) is 14.8. The summed E-state index contributed by atoms with van der Waals surface area (Å²) in [5.41, 5.74) is -0.0219. The molecule has 0 spiro atoms. The standard InChI is InChI=1S/C13H22ClN3O/c1-6-8-17-11(10(14)9-15-17)12(18)13(3,7-2)16(4)5/h9H,6-8H2,1-5H3. The van der Waals surface area contributed by atoms with Gasteiger partial charge in [0.25, 0.3) is 0 Å². The first-order valence-electron chi connectivity index (χ1n) is 6.32. The summed E-state index contributed by atoms with van der Waals surface area (Å²) in [6.07, 6.45) is 3.20. The number of rotatable bonds is 6. The molecule has 0 saturated heterocycles. The topological polar surface area (TPSA) is 38.1 Å². The molecule has 1 rings (SSSR count). The molecule has 1 heterocycles. The molecule has 18 heavy (non-hydrogen) atoms. The Balaban J connectivity index is 3.21. The second kappa shape index (κ2) is 5.85. The van der Waals surface area contributed by atoms with E-state index in [2.05, 4.69) is 12.0 Å². The molecular weight excluding hydrogens is 250 g/mol. The predicted octanol–water partition coefficient (Wildman–Crippen LogP) is 2.86. The lowest BCUT2D eigenvalue weighted by Crippen LogP contribution is -2.48. The second-order valence-electron chi connectivity index (χ2n) is 4.92. The van der Waals surface area contributed by atoms with Crippen LogP contribution in [0.2, 0.25) is 5.02 Å². The van der Waals surface area contributed by atoms with Gasteiger partial charge >= 0.3 is 0 Å². The van der Waals surface area contributed by atoms with Crippen molar-refractivity contribution in [1.82, 2.24) is 14.7 Å². The van der Waals surface area contributed by atoms with Crippen molar-refractivity contribution in [3.05, 3.63) is 16.9 Å². The minimum atomic E-state index is -0.546. The fraction of sp³-hybridized carbons (Fsp3) is 0.692. The van der Waals surface area contributed by atoms with Crippen LogP contribution in [0.25, 0.3) is 0 Å². The minimum Gasteiger partial charge on any atom is -0.297 e. The Hall–Kier alpha value is -0.870. The van der Waals surface area contributed by atoms with Crippen LogP contribution in [-0.4, -0.2) is 40.1 Å². The molecule has 0 aliphatic carbocycles. The Bertz CT molecular complexity index is 428. The van der Waals surface area contributed by atoms with Crippen LogP contribution in [-0.2, 0) is 6.54 Å². The van der Waals surface area contributed by atoms with E-state index in [0.717, 1.165) is 12.8 Å². The Morgan fingerprint density at radius 1 is 1.50 bits per heavy atom. The lowest BCUT2D eigenvalue weighted by atomic mass is 9.90. The molecule has 0 fully saturated rings. The van der Waals surface area contributed by atoms with Gasteiger partial charge in [-0.3, -0.25) is 14.4 Å². The van der Waals surface area contributed by atoms with Gasteiger partial charge in [0.15, 0.2) is 0 Å². The van der Waals surface area contributed by atoms with Gasteiger partial charge in [0.2, 0.25) is 5.78 Å². The first-order valence-corrected chi connectivity index (χ1v) is 6.69. The van der Waals surface area contributed by atoms with E-state index in [-0.39, 0.29) is 5.78 Å². The Morgan fingerprint density at radius 3 is 2.56 bits per heavy atom. The van der Waals surface area contributed by atoms with Gasteiger partial charge in [0.05, 0.1) is 16.8 Å². The number of halogens is 1. The summed E-state index contributed by atoms with van der Waals surface area (Å²) in [7, 11) is 3.83. The molecule has 0 aromatic carbocycles. The SMILES string of the molecule is CCCn1ncc(Cl)c1C(=O)C(C)(CC)N(C)C. The Labute approximate surface area is 114 Å². The zero-order valence-electron chi connectivity index (χ0n) is 11.8. The quantitative estimate of drug-likeness (QED) is 0.747. The molecule has 0 aliphatic rings. The number of aromatic nitrogens is 2. The fourth-order valence-electron chi connectivity index (χ4n) is 1.90. The van der Waals surface area contributed by atoms with Crippen LogP contribution in [0.1, 0.15) is 44.1 Å². The summed E-state index contributed by atoms with van der Waals surface area (Å²) >= 11 is 6.12. The third-order valence-corrected chi connectivity index (χ3v) is 3.89. The molecule has 1 unspecified atom stereocenters. The molecule has 4 nitrogen and oxygen atoms in total. The van der Waals surface area contributed by atoms with Crippen molar-refractivity contribution in [3.8, 4) is 0 Å². The second-order valence-corrected chi connectivity index (χ2v) is 5.32. The number of hydrogen-bond donors (Lipinski definition) is 0. The lowest BCUT2D eigenvalue weighted by Gasteiger charge is -2.34. The highest BCUT2D eigenvalue weighted by Gasteiger charge is 2.37. The highest BCUT2D eigenvalue weighted by molar-refractivity contribution is 6.34. The monoisotopic (exact) mass is 271 g/mol. The van der Waals surface area contributed by atoms with Crippen LogP contribution >= 0.6 is 11.6 Å². The van der Waals surface area contributed by atoms with E-state index in [0.29, 0.717) is 17.3 Å². The van der Waals surface area contributed by atoms with Gasteiger partial charge < -0.3 is 0 Å². The van der Waals surface area contributed by atoms with Crippen molar-refractivity contribution in [2.45, 2.75) is 45.7 Å². The average Bonchev–Trinajstić information content (AvgIpc) is 2.68. The number of carbonyl (C=O) groups excluding carboxylic acids is 1. The average molecular weight is 272 g/mol. The first-order chi connectivity index (χ1) is 8.38. The Morgan fingerprint density at radius 2 is 2.11 bits per heavy atom. The highest BCUT2D eigenvalue weighted by Crippen LogP contribution is 2.26. The van der Waals surface area contributed by atoms with Crippen LogP contribution < -0.4 is 0 Å². The van der Waals surface area contributed by atoms with Crippen molar-refractivity contribution in [3.63, 3.8) is 0 Å². The molecule has 1 atom stereocenters. The van der Waals surface area contributed by atoms with Gasteiger partial charge in [-0.1, -0.05) is 25.4 Å². The summed E-state index contributed by atoms with van der Waals surface area (Å²) in [5, 5.41) is 4.62. The van der Waals surface area contributed by atoms with Gasteiger partial charge in [0.1, 0.15) is 5.69 Å². The maximum absolute atomic E-state index is 12.7. The van der Waals surface area contributed by atoms with Gasteiger partial charge in [-0.15, -0.1) is 0 Å². The highest BCUT2D eigenvalue weighted by atomic mass is 35.5. The van der Waals surface area contributed by atoms with E-state index in [1.807, 2.05) is 32.8 Å². The molecule has 0 aliphatic heterocycles. The number of carbonyl (C=O) groups is 1. The molecule has 1 aromatic rings. The summed E-state index contributed by atoms with van der Waals surface area (Å²) in [5.74, 6) is 0.0333. The van der Waals surface area contributed by atoms with Gasteiger partial charge in [0, 0.05) is 6.54 Å². The number of aryl methyl sites for hydroxylation is 1. The molecule has 0 amide bonds. The first kappa shape index (κ1) is 15.2. The van der Waals surface area contributed by atoms with E-state index >= 15 is 0 Å². The third-order valence-electron chi connectivity index (χ3n) is 3.61. The van der Waals surface area contributed by atoms with Crippen molar-refractivity contribution in [2.24, 2.45) is 0 Å². The Kier molecular flexibility index (Phi) is 4.93. The molecule has 0 bridgehead atoms. The van der Waals surface area contributed by atoms with Gasteiger partial charge in [-0.25, -0.2) is 0 Å². The molecular formula is C13H22ClN3O. The maximum Gasteiger partial charge on any atom is 0.202 e. The number of Topliss-reactive ketones (excluding diaryl/α,β-unsaturated/α-hetero) is 1. The number of likely N-dealkylation sites (N-methyl/N-ethyl adjacent to an activating group) is 1. The van der Waals surface area contributed by atoms with Crippen LogP contribution in [0.3, 0.4) is 0 Å². The van der Waals surface area contributed by atoms with Gasteiger partial charge in [-0.2, -0.15) is 5.10 Å². The summed E-state index contributed by atoms with van der Waals surface area (Å²) in [6, 6.07) is 0. The summed E-state index contributed by atoms with van der Waals surface area (Å²) in [4.78, 5) is 14.7. The van der Waals surface area contributed by atoms with Crippen molar-refractivity contribution < 1.29 is 4.79 Å². The van der Waals surface area contributed by atoms with Gasteiger partial charge in [-0.05, 0) is 33.9 Å². The van der Waals surface area contributed by atoms with Crippen LogP contribution in [0.4, 0.5) is 0 Å². The van der Waals surface area contributed by atoms with Crippen molar-refractivity contribution in [2.75, 3.05) is 14.1 Å². The molecule has 0 radical (unpaired) electrons. The molecule has 102 valence electrons. The number of ketones is 1. The zero-order chi connectivity index (χ0) is 13.9. The van der Waals surface area contributed by atoms with Crippen molar-refractivity contribution >= 4 is 17.4 Å². The summed E-state index contributed by atoms with van der Waals surface area (Å²) < 4.78 is 1.71. The number of hydrogen-bond acceptors (Lipinski definition) is 3. The third kappa shape index (κ3) is 2.59. The van der Waals surface area contributed by atoms with E-state index < -0.39 is 5.54 Å². The predicted molar refractivity (Wildman–Crippen MR) is 74.2 cm³/mol. The zero-order valence-corrected chi connectivity index (χ0v) is 12.6. The van der Waals surface area contributed by atoms with Crippen LogP contribution in [0, 0.1) is 0 Å². The number of nitrogens with zero attached hydrogens (tertiary/aromatic N) is 3. The maximum atomic E-state index is 12.7. The molecule has 5 heteroatoms. The van der Waals surface area contributed by atoms with E-state index in [1.165, 1.54) is 0 Å². The summed E-state index contributed by atoms with van der Waals surface area (Å²) in [6.45, 7) is 6.71. The molecule has 1 aromatic heterocycles. The van der Waals surface area contributed by atoms with Crippen LogP contribution in [0.15, 0.2) is 6.20 Å². The fourth-order valence-corrected chi connectivity index (χ4v) is 2.13.